The Morgan fingerprint density at radius 2 is 1.88 bits per heavy atom. The highest BCUT2D eigenvalue weighted by molar-refractivity contribution is 6.06. The van der Waals surface area contributed by atoms with Gasteiger partial charge in [0.05, 0.1) is 12.7 Å². The number of carbonyl (C=O) groups is 4. The third kappa shape index (κ3) is 4.39. The first-order chi connectivity index (χ1) is 15.6. The zero-order chi connectivity index (χ0) is 23.9. The number of carbonyl (C=O) groups excluding carboxylic acids is 3. The van der Waals surface area contributed by atoms with Crippen molar-refractivity contribution in [2.45, 2.75) is 51.2 Å². The average molecular weight is 459 g/mol. The number of carboxylic acid groups (broad SMARTS) is 1. The van der Waals surface area contributed by atoms with Crippen molar-refractivity contribution in [3.63, 3.8) is 0 Å². The van der Waals surface area contributed by atoms with E-state index in [-0.39, 0.29) is 23.8 Å². The third-order valence-electron chi connectivity index (χ3n) is 6.91. The Labute approximate surface area is 192 Å². The standard InChI is InChI=1S/C23H30N4O6/c1-23(2,26-8-6-25(7-9-26)22(31)32)12-14-10-15-13-27(16-4-5-18(28)24-20(16)29)21(30)19(15)17(11-14)33-3/h10-11,16H,4-9,12-13H2,1-3H3,(H,31,32)(H,24,28,29). The molecular weight excluding hydrogens is 428 g/mol. The Bertz CT molecular complexity index is 999. The summed E-state index contributed by atoms with van der Waals surface area (Å²) in [6.07, 6.45) is 0.328. The van der Waals surface area contributed by atoms with Crippen molar-refractivity contribution < 1.29 is 29.0 Å². The highest BCUT2D eigenvalue weighted by Gasteiger charge is 2.41. The van der Waals surface area contributed by atoms with Crippen molar-refractivity contribution in [3.8, 4) is 5.75 Å². The van der Waals surface area contributed by atoms with Gasteiger partial charge in [-0.05, 0) is 43.9 Å². The van der Waals surface area contributed by atoms with Crippen molar-refractivity contribution in [1.29, 1.82) is 0 Å². The molecule has 0 aliphatic carbocycles. The Hall–Kier alpha value is -3.14. The van der Waals surface area contributed by atoms with Crippen LogP contribution in [0.15, 0.2) is 12.1 Å². The average Bonchev–Trinajstić information content (AvgIpc) is 3.09. The molecule has 3 aliphatic rings. The van der Waals surface area contributed by atoms with Gasteiger partial charge in [0, 0.05) is 44.7 Å². The van der Waals surface area contributed by atoms with Crippen LogP contribution in [0.25, 0.3) is 0 Å². The molecule has 3 aliphatic heterocycles. The zero-order valence-corrected chi connectivity index (χ0v) is 19.2. The van der Waals surface area contributed by atoms with Gasteiger partial charge in [0.1, 0.15) is 11.8 Å². The SMILES string of the molecule is COc1cc(CC(C)(C)N2CCN(C(=O)O)CC2)cc2c1C(=O)N(C1CCC(=O)NC1=O)C2. The van der Waals surface area contributed by atoms with Crippen LogP contribution in [0, 0.1) is 0 Å². The predicted molar refractivity (Wildman–Crippen MR) is 118 cm³/mol. The summed E-state index contributed by atoms with van der Waals surface area (Å²) in [6.45, 7) is 6.81. The van der Waals surface area contributed by atoms with Crippen LogP contribution in [-0.2, 0) is 22.6 Å². The first-order valence-corrected chi connectivity index (χ1v) is 11.2. The number of piperazine rings is 1. The van der Waals surface area contributed by atoms with E-state index in [2.05, 4.69) is 24.1 Å². The number of piperidine rings is 1. The Morgan fingerprint density at radius 1 is 1.18 bits per heavy atom. The monoisotopic (exact) mass is 458 g/mol. The summed E-state index contributed by atoms with van der Waals surface area (Å²) in [7, 11) is 1.53. The number of imide groups is 1. The molecule has 10 heteroatoms. The lowest BCUT2D eigenvalue weighted by Gasteiger charge is -2.43. The number of hydrogen-bond acceptors (Lipinski definition) is 6. The number of methoxy groups -OCH3 is 1. The second-order valence-corrected chi connectivity index (χ2v) is 9.48. The molecule has 1 aromatic rings. The van der Waals surface area contributed by atoms with Gasteiger partial charge in [-0.25, -0.2) is 4.79 Å². The van der Waals surface area contributed by atoms with Crippen LogP contribution in [0.4, 0.5) is 4.79 Å². The molecule has 2 saturated heterocycles. The first kappa shape index (κ1) is 23.0. The van der Waals surface area contributed by atoms with E-state index in [9.17, 15) is 24.3 Å². The minimum Gasteiger partial charge on any atom is -0.496 e. The number of hydrogen-bond donors (Lipinski definition) is 2. The molecule has 2 fully saturated rings. The molecule has 0 radical (unpaired) electrons. The van der Waals surface area contributed by atoms with Gasteiger partial charge < -0.3 is 19.6 Å². The van der Waals surface area contributed by atoms with Crippen molar-refractivity contribution in [1.82, 2.24) is 20.0 Å². The summed E-state index contributed by atoms with van der Waals surface area (Å²) in [5.41, 5.74) is 2.06. The van der Waals surface area contributed by atoms with Crippen LogP contribution in [0.2, 0.25) is 0 Å². The summed E-state index contributed by atoms with van der Waals surface area (Å²) in [5, 5.41) is 11.5. The number of amides is 4. The van der Waals surface area contributed by atoms with Crippen LogP contribution in [0.1, 0.15) is 48.2 Å². The van der Waals surface area contributed by atoms with Crippen LogP contribution in [0.5, 0.6) is 5.75 Å². The van der Waals surface area contributed by atoms with Gasteiger partial charge in [0.25, 0.3) is 5.91 Å². The topological polar surface area (TPSA) is 119 Å². The Morgan fingerprint density at radius 3 is 2.48 bits per heavy atom. The Balaban J connectivity index is 1.53. The maximum Gasteiger partial charge on any atom is 0.407 e. The van der Waals surface area contributed by atoms with Crippen LogP contribution in [0.3, 0.4) is 0 Å². The molecule has 1 unspecified atom stereocenters. The molecule has 3 heterocycles. The maximum absolute atomic E-state index is 13.2. The molecule has 10 nitrogen and oxygen atoms in total. The van der Waals surface area contributed by atoms with Crippen molar-refractivity contribution in [2.75, 3.05) is 33.3 Å². The van der Waals surface area contributed by atoms with E-state index in [4.69, 9.17) is 4.74 Å². The number of fused-ring (bicyclic) bond motifs is 1. The van der Waals surface area contributed by atoms with Gasteiger partial charge in [0.2, 0.25) is 11.8 Å². The smallest absolute Gasteiger partial charge is 0.407 e. The van der Waals surface area contributed by atoms with Crippen molar-refractivity contribution in [3.05, 3.63) is 28.8 Å². The molecule has 0 bridgehead atoms. The van der Waals surface area contributed by atoms with E-state index in [1.54, 1.807) is 0 Å². The number of nitrogens with one attached hydrogen (secondary N) is 1. The minimum atomic E-state index is -0.888. The molecular formula is C23H30N4O6. The molecule has 2 N–H and O–H groups in total. The summed E-state index contributed by atoms with van der Waals surface area (Å²) in [4.78, 5) is 53.4. The number of ether oxygens (including phenoxy) is 1. The quantitative estimate of drug-likeness (QED) is 0.634. The van der Waals surface area contributed by atoms with Gasteiger partial charge >= 0.3 is 6.09 Å². The molecule has 178 valence electrons. The molecule has 1 aromatic carbocycles. The fourth-order valence-corrected chi connectivity index (χ4v) is 5.11. The van der Waals surface area contributed by atoms with Crippen LogP contribution in [-0.4, -0.2) is 88.5 Å². The van der Waals surface area contributed by atoms with Gasteiger partial charge in [0.15, 0.2) is 0 Å². The van der Waals surface area contributed by atoms with E-state index in [1.807, 2.05) is 12.1 Å². The normalized spacial score (nSPS) is 21.8. The molecule has 33 heavy (non-hydrogen) atoms. The number of benzene rings is 1. The lowest BCUT2D eigenvalue weighted by Crippen LogP contribution is -2.56. The maximum atomic E-state index is 13.2. The van der Waals surface area contributed by atoms with E-state index in [0.29, 0.717) is 56.9 Å². The molecule has 0 saturated carbocycles. The third-order valence-corrected chi connectivity index (χ3v) is 6.91. The summed E-state index contributed by atoms with van der Waals surface area (Å²) >= 11 is 0. The zero-order valence-electron chi connectivity index (χ0n) is 19.2. The fourth-order valence-electron chi connectivity index (χ4n) is 5.11. The highest BCUT2D eigenvalue weighted by Crippen LogP contribution is 2.36. The van der Waals surface area contributed by atoms with Crippen molar-refractivity contribution >= 4 is 23.8 Å². The first-order valence-electron chi connectivity index (χ1n) is 11.2. The lowest BCUT2D eigenvalue weighted by molar-refractivity contribution is -0.136. The number of nitrogens with zero attached hydrogens (tertiary/aromatic N) is 3. The lowest BCUT2D eigenvalue weighted by atomic mass is 9.90. The second kappa shape index (κ2) is 8.66. The van der Waals surface area contributed by atoms with E-state index < -0.39 is 18.0 Å². The molecule has 4 amide bonds. The van der Waals surface area contributed by atoms with E-state index in [1.165, 1.54) is 16.9 Å². The largest absolute Gasteiger partial charge is 0.496 e. The van der Waals surface area contributed by atoms with Gasteiger partial charge in [-0.15, -0.1) is 0 Å². The van der Waals surface area contributed by atoms with E-state index in [0.717, 1.165) is 11.1 Å². The van der Waals surface area contributed by atoms with Gasteiger partial charge in [-0.1, -0.05) is 6.07 Å². The predicted octanol–water partition coefficient (Wildman–Crippen LogP) is 1.07. The van der Waals surface area contributed by atoms with Crippen molar-refractivity contribution in [2.24, 2.45) is 0 Å². The fraction of sp³-hybridized carbons (Fsp3) is 0.565. The number of rotatable bonds is 5. The summed E-state index contributed by atoms with van der Waals surface area (Å²) < 4.78 is 5.56. The second-order valence-electron chi connectivity index (χ2n) is 9.48. The summed E-state index contributed by atoms with van der Waals surface area (Å²) in [6, 6.07) is 3.20. The van der Waals surface area contributed by atoms with Crippen LogP contribution < -0.4 is 10.1 Å². The minimum absolute atomic E-state index is 0.211. The molecule has 0 spiro atoms. The molecule has 4 rings (SSSR count). The summed E-state index contributed by atoms with van der Waals surface area (Å²) in [5.74, 6) is -0.527. The van der Waals surface area contributed by atoms with Crippen LogP contribution >= 0.6 is 0 Å². The highest BCUT2D eigenvalue weighted by atomic mass is 16.5. The van der Waals surface area contributed by atoms with Gasteiger partial charge in [-0.2, -0.15) is 0 Å². The Kier molecular flexibility index (Phi) is 6.04. The van der Waals surface area contributed by atoms with Gasteiger partial charge in [-0.3, -0.25) is 24.6 Å². The molecule has 0 aromatic heterocycles. The molecule has 1 atom stereocenters. The van der Waals surface area contributed by atoms with E-state index >= 15 is 0 Å².